The van der Waals surface area contributed by atoms with Crippen molar-refractivity contribution < 1.29 is 0 Å². The molecule has 3 unspecified atom stereocenters. The van der Waals surface area contributed by atoms with Crippen LogP contribution < -0.4 is 0 Å². The Labute approximate surface area is 93.9 Å². The van der Waals surface area contributed by atoms with Crippen LogP contribution in [0.5, 0.6) is 0 Å². The Morgan fingerprint density at radius 1 is 1.27 bits per heavy atom. The van der Waals surface area contributed by atoms with E-state index in [0.29, 0.717) is 12.1 Å². The van der Waals surface area contributed by atoms with Gasteiger partial charge in [-0.2, -0.15) is 0 Å². The third kappa shape index (κ3) is 2.05. The molecular weight excluding hydrogens is 184 g/mol. The molecule has 0 aromatic carbocycles. The predicted octanol–water partition coefficient (Wildman–Crippen LogP) is 2.32. The Balaban J connectivity index is 1.94. The number of rotatable bonds is 2. The zero-order valence-electron chi connectivity index (χ0n) is 10.5. The van der Waals surface area contributed by atoms with Crippen LogP contribution in [0.25, 0.3) is 0 Å². The summed E-state index contributed by atoms with van der Waals surface area (Å²) in [6, 6.07) is 2.15. The van der Waals surface area contributed by atoms with Gasteiger partial charge in [0.25, 0.3) is 0 Å². The summed E-state index contributed by atoms with van der Waals surface area (Å²) in [5, 5.41) is 0. The molecule has 2 aliphatic rings. The Morgan fingerprint density at radius 2 is 2.00 bits per heavy atom. The molecule has 0 aromatic rings. The first-order valence-electron chi connectivity index (χ1n) is 6.29. The molecule has 0 radical (unpaired) electrons. The maximum atomic E-state index is 2.59. The van der Waals surface area contributed by atoms with Gasteiger partial charge in [-0.25, -0.2) is 0 Å². The molecule has 0 aromatic heterocycles. The maximum absolute atomic E-state index is 2.59. The van der Waals surface area contributed by atoms with Crippen LogP contribution in [0, 0.1) is 5.92 Å². The lowest BCUT2D eigenvalue weighted by Gasteiger charge is -2.31. The zero-order chi connectivity index (χ0) is 11.0. The first-order valence-corrected chi connectivity index (χ1v) is 6.29. The van der Waals surface area contributed by atoms with Crippen molar-refractivity contribution in [3.8, 4) is 0 Å². The fraction of sp³-hybridized carbons (Fsp3) is 0.846. The van der Waals surface area contributed by atoms with Crippen LogP contribution in [0.2, 0.25) is 0 Å². The van der Waals surface area contributed by atoms with E-state index < -0.39 is 0 Å². The molecule has 3 atom stereocenters. The van der Waals surface area contributed by atoms with Gasteiger partial charge < -0.3 is 4.90 Å². The van der Waals surface area contributed by atoms with Crippen LogP contribution in [0.3, 0.4) is 0 Å². The molecule has 0 bridgehead atoms. The highest BCUT2D eigenvalue weighted by Gasteiger charge is 2.33. The van der Waals surface area contributed by atoms with Crippen molar-refractivity contribution in [3.05, 3.63) is 12.3 Å². The van der Waals surface area contributed by atoms with Crippen LogP contribution in [-0.4, -0.2) is 41.0 Å². The van der Waals surface area contributed by atoms with Gasteiger partial charge in [-0.15, -0.1) is 0 Å². The van der Waals surface area contributed by atoms with E-state index >= 15 is 0 Å². The molecule has 15 heavy (non-hydrogen) atoms. The van der Waals surface area contributed by atoms with E-state index in [0.717, 1.165) is 12.0 Å². The fourth-order valence-electron chi connectivity index (χ4n) is 2.74. The van der Waals surface area contributed by atoms with Crippen molar-refractivity contribution in [2.24, 2.45) is 5.92 Å². The predicted molar refractivity (Wildman–Crippen MR) is 64.7 cm³/mol. The van der Waals surface area contributed by atoms with Gasteiger partial charge in [-0.1, -0.05) is 13.0 Å². The largest absolute Gasteiger partial charge is 0.370 e. The Morgan fingerprint density at radius 3 is 2.47 bits per heavy atom. The van der Waals surface area contributed by atoms with Crippen molar-refractivity contribution in [3.63, 3.8) is 0 Å². The highest BCUT2D eigenvalue weighted by molar-refractivity contribution is 5.05. The topological polar surface area (TPSA) is 6.48 Å². The second-order valence-corrected chi connectivity index (χ2v) is 5.42. The summed E-state index contributed by atoms with van der Waals surface area (Å²) in [6.45, 7) is 11.8. The van der Waals surface area contributed by atoms with Gasteiger partial charge in [0.15, 0.2) is 0 Å². The second-order valence-electron chi connectivity index (χ2n) is 5.42. The van der Waals surface area contributed by atoms with Crippen molar-refractivity contribution >= 4 is 0 Å². The highest BCUT2D eigenvalue weighted by Crippen LogP contribution is 2.27. The average Bonchev–Trinajstić information content (AvgIpc) is 2.76. The number of hydrogen-bond donors (Lipinski definition) is 0. The summed E-state index contributed by atoms with van der Waals surface area (Å²) in [5.74, 6) is 0.720. The summed E-state index contributed by atoms with van der Waals surface area (Å²) < 4.78 is 0. The van der Waals surface area contributed by atoms with E-state index in [1.165, 1.54) is 19.5 Å². The van der Waals surface area contributed by atoms with E-state index in [4.69, 9.17) is 0 Å². The maximum Gasteiger partial charge on any atom is 0.0426 e. The molecule has 2 heteroatoms. The minimum Gasteiger partial charge on any atom is -0.370 e. The highest BCUT2D eigenvalue weighted by atomic mass is 15.3. The molecule has 0 amide bonds. The molecule has 2 aliphatic heterocycles. The molecule has 0 saturated carbocycles. The van der Waals surface area contributed by atoms with Crippen LogP contribution in [0.1, 0.15) is 34.1 Å². The lowest BCUT2D eigenvalue weighted by molar-refractivity contribution is 0.193. The van der Waals surface area contributed by atoms with Crippen molar-refractivity contribution in [2.75, 3.05) is 13.1 Å². The summed E-state index contributed by atoms with van der Waals surface area (Å²) in [6.07, 6.45) is 6.01. The Bertz CT molecular complexity index is 247. The van der Waals surface area contributed by atoms with Crippen molar-refractivity contribution in [2.45, 2.75) is 52.2 Å². The summed E-state index contributed by atoms with van der Waals surface area (Å²) in [4.78, 5) is 5.17. The summed E-state index contributed by atoms with van der Waals surface area (Å²) in [5.41, 5.74) is 0. The Kier molecular flexibility index (Phi) is 3.06. The van der Waals surface area contributed by atoms with Gasteiger partial charge >= 0.3 is 0 Å². The zero-order valence-corrected chi connectivity index (χ0v) is 10.5. The minimum absolute atomic E-state index is 0.696. The quantitative estimate of drug-likeness (QED) is 0.687. The lowest BCUT2D eigenvalue weighted by atomic mass is 10.1. The SMILES string of the molecule is CC1C=CN(C2CCN(C(C)C)C2)C1C. The average molecular weight is 208 g/mol. The molecule has 2 nitrogen and oxygen atoms in total. The third-order valence-electron chi connectivity index (χ3n) is 4.14. The standard InChI is InChI=1S/C13H24N2/c1-10(2)14-7-6-13(9-14)15-8-5-11(3)12(15)4/h5,8,10-13H,6-7,9H2,1-4H3. The van der Waals surface area contributed by atoms with Gasteiger partial charge in [-0.3, -0.25) is 4.90 Å². The fourth-order valence-corrected chi connectivity index (χ4v) is 2.74. The first kappa shape index (κ1) is 11.0. The van der Waals surface area contributed by atoms with Gasteiger partial charge in [0.1, 0.15) is 0 Å². The first-order chi connectivity index (χ1) is 7.09. The molecule has 86 valence electrons. The van der Waals surface area contributed by atoms with E-state index in [2.05, 4.69) is 49.8 Å². The number of hydrogen-bond acceptors (Lipinski definition) is 2. The minimum atomic E-state index is 0.696. The normalized spacial score (nSPS) is 37.1. The molecular formula is C13H24N2. The molecule has 2 rings (SSSR count). The lowest BCUT2D eigenvalue weighted by Crippen LogP contribution is -2.40. The summed E-state index contributed by atoms with van der Waals surface area (Å²) >= 11 is 0. The van der Waals surface area contributed by atoms with Gasteiger partial charge in [-0.05, 0) is 39.3 Å². The van der Waals surface area contributed by atoms with Crippen LogP contribution in [0.4, 0.5) is 0 Å². The summed E-state index contributed by atoms with van der Waals surface area (Å²) in [7, 11) is 0. The monoisotopic (exact) mass is 208 g/mol. The molecule has 1 fully saturated rings. The van der Waals surface area contributed by atoms with E-state index in [9.17, 15) is 0 Å². The third-order valence-corrected chi connectivity index (χ3v) is 4.14. The van der Waals surface area contributed by atoms with Crippen molar-refractivity contribution in [1.29, 1.82) is 0 Å². The van der Waals surface area contributed by atoms with E-state index in [1.54, 1.807) is 0 Å². The molecule has 0 aliphatic carbocycles. The van der Waals surface area contributed by atoms with Gasteiger partial charge in [0, 0.05) is 31.2 Å². The molecule has 0 spiro atoms. The number of likely N-dealkylation sites (tertiary alicyclic amines) is 1. The van der Waals surface area contributed by atoms with Crippen LogP contribution >= 0.6 is 0 Å². The van der Waals surface area contributed by atoms with Gasteiger partial charge in [0.2, 0.25) is 0 Å². The molecule has 0 N–H and O–H groups in total. The van der Waals surface area contributed by atoms with Crippen LogP contribution in [-0.2, 0) is 0 Å². The second kappa shape index (κ2) is 4.17. The smallest absolute Gasteiger partial charge is 0.0426 e. The van der Waals surface area contributed by atoms with E-state index in [-0.39, 0.29) is 0 Å². The van der Waals surface area contributed by atoms with Gasteiger partial charge in [0.05, 0.1) is 0 Å². The molecule has 2 heterocycles. The molecule has 1 saturated heterocycles. The number of nitrogens with zero attached hydrogens (tertiary/aromatic N) is 2. The van der Waals surface area contributed by atoms with E-state index in [1.807, 2.05) is 0 Å². The Hall–Kier alpha value is -0.500. The van der Waals surface area contributed by atoms with Crippen molar-refractivity contribution in [1.82, 2.24) is 9.80 Å². The van der Waals surface area contributed by atoms with Crippen LogP contribution in [0.15, 0.2) is 12.3 Å².